The summed E-state index contributed by atoms with van der Waals surface area (Å²) in [5, 5.41) is 0.663. The van der Waals surface area contributed by atoms with Crippen LogP contribution in [0.2, 0.25) is 10.0 Å². The van der Waals surface area contributed by atoms with Crippen LogP contribution in [-0.4, -0.2) is 36.1 Å². The van der Waals surface area contributed by atoms with Crippen LogP contribution in [0.3, 0.4) is 0 Å². The number of hydrogen-bond donors (Lipinski definition) is 1. The van der Waals surface area contributed by atoms with Crippen LogP contribution in [0.25, 0.3) is 11.3 Å². The Hall–Kier alpha value is -2.93. The van der Waals surface area contributed by atoms with Gasteiger partial charge in [-0.3, -0.25) is 14.6 Å². The average Bonchev–Trinajstić information content (AvgIpc) is 3.31. The minimum Gasteiger partial charge on any atom is -0.376 e. The number of nitrogens with zero attached hydrogens (tertiary/aromatic N) is 2. The summed E-state index contributed by atoms with van der Waals surface area (Å²) >= 11 is 12.6. The van der Waals surface area contributed by atoms with Crippen molar-refractivity contribution in [3.05, 3.63) is 82.0 Å². The van der Waals surface area contributed by atoms with Gasteiger partial charge in [0, 0.05) is 29.6 Å². The first-order chi connectivity index (χ1) is 15.4. The summed E-state index contributed by atoms with van der Waals surface area (Å²) in [6, 6.07) is 15.4. The summed E-state index contributed by atoms with van der Waals surface area (Å²) in [5.41, 5.74) is 7.92. The minimum atomic E-state index is -0.650. The van der Waals surface area contributed by atoms with Gasteiger partial charge in [0.2, 0.25) is 5.91 Å². The van der Waals surface area contributed by atoms with Crippen LogP contribution in [0.1, 0.15) is 33.6 Å². The van der Waals surface area contributed by atoms with Crippen molar-refractivity contribution < 1.29 is 14.3 Å². The van der Waals surface area contributed by atoms with E-state index in [2.05, 4.69) is 4.98 Å². The topological polar surface area (TPSA) is 85.5 Å². The van der Waals surface area contributed by atoms with Crippen LogP contribution in [0.5, 0.6) is 0 Å². The number of benzene rings is 2. The Bertz CT molecular complexity index is 1150. The Balaban J connectivity index is 1.73. The summed E-state index contributed by atoms with van der Waals surface area (Å²) in [5.74, 6) is -0.921. The normalized spacial score (nSPS) is 15.5. The van der Waals surface area contributed by atoms with Gasteiger partial charge in [-0.1, -0.05) is 29.3 Å². The van der Waals surface area contributed by atoms with E-state index < -0.39 is 5.91 Å². The van der Waals surface area contributed by atoms with Crippen molar-refractivity contribution in [3.63, 3.8) is 0 Å². The predicted molar refractivity (Wildman–Crippen MR) is 125 cm³/mol. The molecule has 1 aliphatic heterocycles. The zero-order chi connectivity index (χ0) is 22.7. The Morgan fingerprint density at radius 1 is 1.09 bits per heavy atom. The number of amides is 2. The molecule has 32 heavy (non-hydrogen) atoms. The van der Waals surface area contributed by atoms with Crippen LogP contribution >= 0.6 is 23.2 Å². The van der Waals surface area contributed by atoms with Gasteiger partial charge in [-0.05, 0) is 61.4 Å². The molecule has 3 aromatic rings. The molecule has 0 radical (unpaired) electrons. The number of carbonyl (C=O) groups excluding carboxylic acids is 2. The molecule has 6 nitrogen and oxygen atoms in total. The second kappa shape index (κ2) is 9.69. The number of nitrogens with two attached hydrogens (primary N) is 1. The summed E-state index contributed by atoms with van der Waals surface area (Å²) in [6.45, 7) is 1.04. The maximum absolute atomic E-state index is 13.5. The number of primary amides is 1. The van der Waals surface area contributed by atoms with E-state index in [0.717, 1.165) is 18.4 Å². The molecule has 4 rings (SSSR count). The lowest BCUT2D eigenvalue weighted by Gasteiger charge is -2.26. The summed E-state index contributed by atoms with van der Waals surface area (Å²) in [7, 11) is 0. The summed E-state index contributed by atoms with van der Waals surface area (Å²) in [4.78, 5) is 31.1. The lowest BCUT2D eigenvalue weighted by atomic mass is 10.1. The summed E-state index contributed by atoms with van der Waals surface area (Å²) < 4.78 is 5.78. The molecule has 0 aliphatic carbocycles. The van der Waals surface area contributed by atoms with Gasteiger partial charge in [-0.25, -0.2) is 0 Å². The molecule has 0 bridgehead atoms. The van der Waals surface area contributed by atoms with Crippen molar-refractivity contribution >= 4 is 40.7 Å². The van der Waals surface area contributed by atoms with E-state index in [9.17, 15) is 9.59 Å². The van der Waals surface area contributed by atoms with E-state index in [1.165, 1.54) is 12.1 Å². The van der Waals surface area contributed by atoms with Crippen LogP contribution in [-0.2, 0) is 4.74 Å². The molecule has 1 fully saturated rings. The Morgan fingerprint density at radius 3 is 2.59 bits per heavy atom. The van der Waals surface area contributed by atoms with E-state index in [1.807, 2.05) is 24.3 Å². The zero-order valence-corrected chi connectivity index (χ0v) is 18.6. The molecule has 2 aromatic carbocycles. The average molecular weight is 470 g/mol. The van der Waals surface area contributed by atoms with Gasteiger partial charge in [0.25, 0.3) is 5.91 Å². The predicted octanol–water partition coefficient (Wildman–Crippen LogP) is 4.98. The molecule has 164 valence electrons. The summed E-state index contributed by atoms with van der Waals surface area (Å²) in [6.07, 6.45) is 3.43. The Morgan fingerprint density at radius 2 is 1.94 bits per heavy atom. The molecule has 1 aromatic heterocycles. The molecule has 2 N–H and O–H groups in total. The molecule has 2 heterocycles. The van der Waals surface area contributed by atoms with Crippen molar-refractivity contribution in [3.8, 4) is 11.3 Å². The van der Waals surface area contributed by atoms with E-state index in [-0.39, 0.29) is 22.6 Å². The fraction of sp³-hybridized carbons (Fsp3) is 0.208. The van der Waals surface area contributed by atoms with Crippen LogP contribution in [0.4, 0.5) is 5.69 Å². The largest absolute Gasteiger partial charge is 0.376 e. The van der Waals surface area contributed by atoms with Crippen molar-refractivity contribution in [2.75, 3.05) is 18.1 Å². The molecule has 0 spiro atoms. The molecule has 2 amide bonds. The van der Waals surface area contributed by atoms with E-state index in [0.29, 0.717) is 35.1 Å². The molecule has 0 saturated carbocycles. The molecule has 1 atom stereocenters. The van der Waals surface area contributed by atoms with Crippen LogP contribution in [0, 0.1) is 0 Å². The molecular weight excluding hydrogens is 449 g/mol. The van der Waals surface area contributed by atoms with Crippen molar-refractivity contribution in [2.45, 2.75) is 18.9 Å². The third kappa shape index (κ3) is 4.78. The first kappa shape index (κ1) is 22.3. The third-order valence-corrected chi connectivity index (χ3v) is 5.98. The number of hydrogen-bond acceptors (Lipinski definition) is 4. The molecule has 1 aliphatic rings. The minimum absolute atomic E-state index is 0.0757. The van der Waals surface area contributed by atoms with Crippen molar-refractivity contribution in [1.29, 1.82) is 0 Å². The lowest BCUT2D eigenvalue weighted by Crippen LogP contribution is -2.37. The highest BCUT2D eigenvalue weighted by Crippen LogP contribution is 2.32. The van der Waals surface area contributed by atoms with E-state index >= 15 is 0 Å². The highest BCUT2D eigenvalue weighted by atomic mass is 35.5. The number of aromatic nitrogens is 1. The van der Waals surface area contributed by atoms with Gasteiger partial charge in [0.05, 0.1) is 34.0 Å². The van der Waals surface area contributed by atoms with Gasteiger partial charge in [0.1, 0.15) is 0 Å². The molecule has 8 heteroatoms. The Kier molecular flexibility index (Phi) is 6.74. The van der Waals surface area contributed by atoms with Crippen molar-refractivity contribution in [2.24, 2.45) is 5.73 Å². The van der Waals surface area contributed by atoms with Gasteiger partial charge in [-0.15, -0.1) is 0 Å². The quantitative estimate of drug-likeness (QED) is 0.551. The fourth-order valence-electron chi connectivity index (χ4n) is 3.70. The van der Waals surface area contributed by atoms with E-state index in [1.54, 1.807) is 29.3 Å². The lowest BCUT2D eigenvalue weighted by molar-refractivity contribution is 0.0916. The van der Waals surface area contributed by atoms with E-state index in [4.69, 9.17) is 33.7 Å². The second-order valence-electron chi connectivity index (χ2n) is 7.49. The van der Waals surface area contributed by atoms with Gasteiger partial charge in [0.15, 0.2) is 0 Å². The van der Waals surface area contributed by atoms with Gasteiger partial charge >= 0.3 is 0 Å². The maximum atomic E-state index is 13.5. The number of ether oxygens (including phenoxy) is 1. The van der Waals surface area contributed by atoms with Gasteiger partial charge < -0.3 is 15.4 Å². The third-order valence-electron chi connectivity index (χ3n) is 5.34. The highest BCUT2D eigenvalue weighted by Gasteiger charge is 2.26. The number of carbonyl (C=O) groups is 2. The fourth-order valence-corrected chi connectivity index (χ4v) is 4.19. The monoisotopic (exact) mass is 469 g/mol. The molecule has 1 saturated heterocycles. The first-order valence-corrected chi connectivity index (χ1v) is 10.9. The number of halogens is 2. The number of anilines is 1. The second-order valence-corrected chi connectivity index (χ2v) is 8.30. The van der Waals surface area contributed by atoms with Gasteiger partial charge in [-0.2, -0.15) is 0 Å². The molecule has 0 unspecified atom stereocenters. The van der Waals surface area contributed by atoms with Crippen LogP contribution in [0.15, 0.2) is 60.8 Å². The Labute approximate surface area is 195 Å². The molecular formula is C24H21Cl2N3O3. The first-order valence-electron chi connectivity index (χ1n) is 10.2. The number of pyridine rings is 1. The maximum Gasteiger partial charge on any atom is 0.258 e. The van der Waals surface area contributed by atoms with Crippen molar-refractivity contribution in [1.82, 2.24) is 4.98 Å². The highest BCUT2D eigenvalue weighted by molar-refractivity contribution is 6.34. The number of rotatable bonds is 6. The SMILES string of the molecule is NC(=O)c1ccc(C(=O)N(C[C@@H]2CCCO2)c2ccc(Cl)c(-c3ccccn3)c2)cc1Cl. The zero-order valence-electron chi connectivity index (χ0n) is 17.1. The standard InChI is InChI=1S/C24H21Cl2N3O3/c25-20-9-7-16(13-19(20)22-5-1-2-10-28-22)29(14-17-4-3-11-32-17)24(31)15-6-8-18(23(27)30)21(26)12-15/h1-2,5-10,12-13,17H,3-4,11,14H2,(H2,27,30)/t17-/m0/s1. The van der Waals surface area contributed by atoms with Crippen LogP contribution < -0.4 is 10.6 Å². The smallest absolute Gasteiger partial charge is 0.258 e.